The number of rotatable bonds is 2. The van der Waals surface area contributed by atoms with E-state index >= 15 is 0 Å². The highest BCUT2D eigenvalue weighted by atomic mass is 32.2. The van der Waals surface area contributed by atoms with E-state index in [1.165, 1.54) is 6.42 Å². The average Bonchev–Trinajstić information content (AvgIpc) is 2.03. The van der Waals surface area contributed by atoms with Gasteiger partial charge in [-0.3, -0.25) is 4.72 Å². The molecule has 5 heteroatoms. The Bertz CT molecular complexity index is 279. The third-order valence-corrected chi connectivity index (χ3v) is 3.42. The molecule has 0 spiro atoms. The molecule has 3 nitrogen and oxygen atoms in total. The molecule has 0 heterocycles. The molecule has 1 aliphatic carbocycles. The minimum absolute atomic E-state index is 0.276. The molecule has 0 unspecified atom stereocenters. The molecule has 1 fully saturated rings. The minimum atomic E-state index is -3.16. The van der Waals surface area contributed by atoms with E-state index in [1.807, 2.05) is 0 Å². The smallest absolute Gasteiger partial charge is 0.230 e. The lowest BCUT2D eigenvalue weighted by molar-refractivity contribution is 0.439. The van der Waals surface area contributed by atoms with Crippen LogP contribution in [0.15, 0.2) is 0 Å². The van der Waals surface area contributed by atoms with E-state index in [1.54, 1.807) is 0 Å². The molecule has 76 valence electrons. The fourth-order valence-corrected chi connectivity index (χ4v) is 2.85. The van der Waals surface area contributed by atoms with Crippen LogP contribution in [0.3, 0.4) is 0 Å². The first-order valence-electron chi connectivity index (χ1n) is 4.51. The first-order chi connectivity index (χ1) is 5.99. The molecule has 1 rings (SSSR count). The van der Waals surface area contributed by atoms with Crippen LogP contribution in [0.5, 0.6) is 0 Å². The summed E-state index contributed by atoms with van der Waals surface area (Å²) >= 11 is 5.03. The van der Waals surface area contributed by atoms with Crippen molar-refractivity contribution in [3.8, 4) is 0 Å². The zero-order valence-corrected chi connectivity index (χ0v) is 9.38. The van der Waals surface area contributed by atoms with Crippen LogP contribution in [-0.4, -0.2) is 19.7 Å². The fraction of sp³-hybridized carbons (Fsp3) is 0.875. The fourth-order valence-electron chi connectivity index (χ4n) is 1.63. The summed E-state index contributed by atoms with van der Waals surface area (Å²) in [5, 5.41) is 0. The van der Waals surface area contributed by atoms with Gasteiger partial charge in [-0.25, -0.2) is 8.42 Å². The van der Waals surface area contributed by atoms with E-state index in [4.69, 9.17) is 12.2 Å². The van der Waals surface area contributed by atoms with Crippen LogP contribution >= 0.6 is 12.2 Å². The normalized spacial score (nSPS) is 19.8. The maximum Gasteiger partial charge on any atom is 0.230 e. The second-order valence-corrected chi connectivity index (χ2v) is 5.76. The summed E-state index contributed by atoms with van der Waals surface area (Å²) in [6, 6.07) is 0. The highest BCUT2D eigenvalue weighted by Crippen LogP contribution is 2.24. The highest BCUT2D eigenvalue weighted by molar-refractivity contribution is 7.91. The Morgan fingerprint density at radius 3 is 2.31 bits per heavy atom. The summed E-state index contributed by atoms with van der Waals surface area (Å²) < 4.78 is 24.2. The topological polar surface area (TPSA) is 46.2 Å². The van der Waals surface area contributed by atoms with E-state index in [9.17, 15) is 8.42 Å². The van der Waals surface area contributed by atoms with Crippen molar-refractivity contribution in [2.24, 2.45) is 5.92 Å². The van der Waals surface area contributed by atoms with Crippen molar-refractivity contribution in [3.05, 3.63) is 0 Å². The van der Waals surface area contributed by atoms with Gasteiger partial charge in [-0.2, -0.15) is 0 Å². The zero-order chi connectivity index (χ0) is 9.90. The van der Waals surface area contributed by atoms with Gasteiger partial charge in [-0.1, -0.05) is 31.5 Å². The van der Waals surface area contributed by atoms with Crippen LogP contribution in [0.1, 0.15) is 32.1 Å². The van der Waals surface area contributed by atoms with Crippen LogP contribution in [0.4, 0.5) is 0 Å². The van der Waals surface area contributed by atoms with Gasteiger partial charge in [0.2, 0.25) is 10.0 Å². The number of hydrogen-bond acceptors (Lipinski definition) is 3. The van der Waals surface area contributed by atoms with Gasteiger partial charge < -0.3 is 0 Å². The Hall–Kier alpha value is -0.160. The zero-order valence-electron chi connectivity index (χ0n) is 7.75. The second kappa shape index (κ2) is 4.37. The number of thiocarbonyl (C=S) groups is 1. The van der Waals surface area contributed by atoms with Gasteiger partial charge in [-0.15, -0.1) is 0 Å². The standard InChI is InChI=1S/C8H15NO2S2/c1-13(10,11)9-8(12)7-5-3-2-4-6-7/h7H,2-6H2,1H3,(H,9,12). The molecular formula is C8H15NO2S2. The summed E-state index contributed by atoms with van der Waals surface area (Å²) in [7, 11) is -3.16. The van der Waals surface area contributed by atoms with Gasteiger partial charge in [0.25, 0.3) is 0 Å². The highest BCUT2D eigenvalue weighted by Gasteiger charge is 2.19. The Labute approximate surface area is 85.0 Å². The van der Waals surface area contributed by atoms with Gasteiger partial charge in [0.15, 0.2) is 0 Å². The average molecular weight is 221 g/mol. The largest absolute Gasteiger partial charge is 0.277 e. The van der Waals surface area contributed by atoms with Crippen molar-refractivity contribution in [2.45, 2.75) is 32.1 Å². The van der Waals surface area contributed by atoms with Crippen molar-refractivity contribution < 1.29 is 8.42 Å². The van der Waals surface area contributed by atoms with Crippen molar-refractivity contribution in [1.29, 1.82) is 0 Å². The quantitative estimate of drug-likeness (QED) is 0.718. The predicted octanol–water partition coefficient (Wildman–Crippen LogP) is 1.44. The Morgan fingerprint density at radius 1 is 1.31 bits per heavy atom. The molecule has 0 aromatic carbocycles. The molecule has 0 aliphatic heterocycles. The molecule has 0 radical (unpaired) electrons. The maximum absolute atomic E-state index is 10.9. The monoisotopic (exact) mass is 221 g/mol. The van der Waals surface area contributed by atoms with E-state index in [-0.39, 0.29) is 5.92 Å². The molecule has 0 amide bonds. The molecule has 0 aromatic heterocycles. The Balaban J connectivity index is 2.47. The van der Waals surface area contributed by atoms with Crippen molar-refractivity contribution in [3.63, 3.8) is 0 Å². The Kier molecular flexibility index (Phi) is 3.67. The third-order valence-electron chi connectivity index (χ3n) is 2.26. The molecule has 0 aromatic rings. The second-order valence-electron chi connectivity index (χ2n) is 3.57. The summed E-state index contributed by atoms with van der Waals surface area (Å²) in [6.45, 7) is 0. The van der Waals surface area contributed by atoms with Gasteiger partial charge in [0, 0.05) is 5.92 Å². The van der Waals surface area contributed by atoms with Crippen LogP contribution in [0, 0.1) is 5.92 Å². The molecule has 13 heavy (non-hydrogen) atoms. The Morgan fingerprint density at radius 2 is 1.85 bits per heavy atom. The third kappa shape index (κ3) is 4.04. The van der Waals surface area contributed by atoms with Crippen LogP contribution < -0.4 is 4.72 Å². The first kappa shape index (κ1) is 10.9. The van der Waals surface area contributed by atoms with Crippen molar-refractivity contribution in [2.75, 3.05) is 6.26 Å². The number of sulfonamides is 1. The number of hydrogen-bond donors (Lipinski definition) is 1. The van der Waals surface area contributed by atoms with Crippen LogP contribution in [0.25, 0.3) is 0 Å². The first-order valence-corrected chi connectivity index (χ1v) is 6.80. The molecule has 1 aliphatic rings. The lowest BCUT2D eigenvalue weighted by Crippen LogP contribution is -2.34. The molecule has 1 saturated carbocycles. The lowest BCUT2D eigenvalue weighted by Gasteiger charge is -2.22. The van der Waals surface area contributed by atoms with E-state index in [0.717, 1.165) is 31.9 Å². The summed E-state index contributed by atoms with van der Waals surface area (Å²) in [5.74, 6) is 0.276. The van der Waals surface area contributed by atoms with Crippen LogP contribution in [0.2, 0.25) is 0 Å². The van der Waals surface area contributed by atoms with E-state index in [2.05, 4.69) is 4.72 Å². The summed E-state index contributed by atoms with van der Waals surface area (Å²) in [4.78, 5) is 0.502. The van der Waals surface area contributed by atoms with Gasteiger partial charge in [0.1, 0.15) is 0 Å². The van der Waals surface area contributed by atoms with Crippen LogP contribution in [-0.2, 0) is 10.0 Å². The summed E-state index contributed by atoms with van der Waals surface area (Å²) in [6.07, 6.45) is 6.77. The van der Waals surface area contributed by atoms with Gasteiger partial charge in [0.05, 0.1) is 11.2 Å². The van der Waals surface area contributed by atoms with Gasteiger partial charge in [-0.05, 0) is 12.8 Å². The molecule has 1 N–H and O–H groups in total. The molecule has 0 bridgehead atoms. The number of nitrogens with one attached hydrogen (secondary N) is 1. The SMILES string of the molecule is CS(=O)(=O)NC(=S)C1CCCCC1. The summed E-state index contributed by atoms with van der Waals surface area (Å²) in [5.41, 5.74) is 0. The van der Waals surface area contributed by atoms with Crippen molar-refractivity contribution in [1.82, 2.24) is 4.72 Å². The van der Waals surface area contributed by atoms with E-state index in [0.29, 0.717) is 4.99 Å². The predicted molar refractivity (Wildman–Crippen MR) is 57.2 cm³/mol. The lowest BCUT2D eigenvalue weighted by atomic mass is 9.89. The minimum Gasteiger partial charge on any atom is -0.277 e. The molecular weight excluding hydrogens is 206 g/mol. The van der Waals surface area contributed by atoms with Gasteiger partial charge >= 0.3 is 0 Å². The molecule has 0 saturated heterocycles. The van der Waals surface area contributed by atoms with E-state index < -0.39 is 10.0 Å². The maximum atomic E-state index is 10.9. The van der Waals surface area contributed by atoms with Crippen molar-refractivity contribution >= 4 is 27.2 Å². The molecule has 0 atom stereocenters.